The predicted molar refractivity (Wildman–Crippen MR) is 120 cm³/mol. The summed E-state index contributed by atoms with van der Waals surface area (Å²) in [6, 6.07) is 21.5. The van der Waals surface area contributed by atoms with Crippen molar-refractivity contribution in [3.8, 4) is 0 Å². The van der Waals surface area contributed by atoms with Crippen LogP contribution in [-0.4, -0.2) is 47.0 Å². The summed E-state index contributed by atoms with van der Waals surface area (Å²) in [4.78, 5) is 17.7. The van der Waals surface area contributed by atoms with Crippen molar-refractivity contribution in [1.82, 2.24) is 15.0 Å². The molecule has 160 valence electrons. The molecule has 1 atom stereocenters. The number of aryl methyl sites for hydroxylation is 1. The van der Waals surface area contributed by atoms with Gasteiger partial charge in [0.15, 0.2) is 5.69 Å². The first kappa shape index (κ1) is 20.0. The minimum atomic E-state index is 0.0229. The van der Waals surface area contributed by atoms with E-state index in [2.05, 4.69) is 77.6 Å². The fourth-order valence-corrected chi connectivity index (χ4v) is 4.96. The lowest BCUT2D eigenvalue weighted by atomic mass is 9.88. The number of nitrogens with zero attached hydrogens (tertiary/aromatic N) is 3. The molecule has 2 heterocycles. The van der Waals surface area contributed by atoms with E-state index in [0.717, 1.165) is 43.7 Å². The molecule has 2 aliphatic rings. The Morgan fingerprint density at radius 1 is 0.968 bits per heavy atom. The number of benzene rings is 2. The molecule has 1 aliphatic carbocycles. The summed E-state index contributed by atoms with van der Waals surface area (Å²) in [5.74, 6) is 1.51. The maximum absolute atomic E-state index is 13.2. The topological polar surface area (TPSA) is 49.6 Å². The third kappa shape index (κ3) is 4.02. The second-order valence-corrected chi connectivity index (χ2v) is 8.83. The van der Waals surface area contributed by atoms with Crippen LogP contribution < -0.4 is 0 Å². The molecule has 5 rings (SSSR count). The molecule has 1 amide bonds. The number of piperazine rings is 1. The van der Waals surface area contributed by atoms with Crippen molar-refractivity contribution in [2.75, 3.05) is 26.2 Å². The molecule has 1 aromatic heterocycles. The van der Waals surface area contributed by atoms with E-state index in [0.29, 0.717) is 24.7 Å². The smallest absolute Gasteiger partial charge is 0.276 e. The van der Waals surface area contributed by atoms with Crippen LogP contribution >= 0.6 is 0 Å². The minimum absolute atomic E-state index is 0.0229. The van der Waals surface area contributed by atoms with E-state index < -0.39 is 0 Å². The molecule has 0 bridgehead atoms. The molecule has 5 heteroatoms. The minimum Gasteiger partial charge on any atom is -0.360 e. The van der Waals surface area contributed by atoms with Crippen molar-refractivity contribution < 1.29 is 9.32 Å². The van der Waals surface area contributed by atoms with Gasteiger partial charge in [-0.1, -0.05) is 72.7 Å². The van der Waals surface area contributed by atoms with Crippen LogP contribution in [0.4, 0.5) is 0 Å². The Bertz CT molecular complexity index is 984. The highest BCUT2D eigenvalue weighted by Gasteiger charge is 2.33. The fraction of sp³-hybridized carbons (Fsp3) is 0.385. The highest BCUT2D eigenvalue weighted by molar-refractivity contribution is 5.94. The predicted octanol–water partition coefficient (Wildman–Crippen LogP) is 4.35. The number of carbonyl (C=O) groups is 1. The Morgan fingerprint density at radius 3 is 2.19 bits per heavy atom. The Hall–Kier alpha value is -2.92. The molecule has 31 heavy (non-hydrogen) atoms. The highest BCUT2D eigenvalue weighted by atomic mass is 16.5. The molecule has 0 N–H and O–H groups in total. The molecule has 0 unspecified atom stereocenters. The van der Waals surface area contributed by atoms with Gasteiger partial charge < -0.3 is 9.42 Å². The van der Waals surface area contributed by atoms with E-state index in [1.54, 1.807) is 0 Å². The fourth-order valence-electron chi connectivity index (χ4n) is 4.96. The molecule has 2 aromatic carbocycles. The molecule has 1 fully saturated rings. The Kier molecular flexibility index (Phi) is 5.60. The van der Waals surface area contributed by atoms with Gasteiger partial charge in [-0.3, -0.25) is 9.69 Å². The van der Waals surface area contributed by atoms with Gasteiger partial charge in [-0.2, -0.15) is 0 Å². The number of carbonyl (C=O) groups excluding carboxylic acids is 1. The average molecular weight is 416 g/mol. The lowest BCUT2D eigenvalue weighted by molar-refractivity contribution is 0.0586. The van der Waals surface area contributed by atoms with Crippen LogP contribution in [0.5, 0.6) is 0 Å². The molecule has 5 nitrogen and oxygen atoms in total. The van der Waals surface area contributed by atoms with Crippen molar-refractivity contribution in [1.29, 1.82) is 0 Å². The Balaban J connectivity index is 1.32. The number of rotatable bonds is 4. The monoisotopic (exact) mass is 415 g/mol. The Morgan fingerprint density at radius 2 is 1.58 bits per heavy atom. The van der Waals surface area contributed by atoms with Crippen molar-refractivity contribution in [3.05, 3.63) is 88.8 Å². The molecule has 0 radical (unpaired) electrons. The van der Waals surface area contributed by atoms with E-state index in [-0.39, 0.29) is 11.9 Å². The van der Waals surface area contributed by atoms with E-state index >= 15 is 0 Å². The molecular weight excluding hydrogens is 386 g/mol. The van der Waals surface area contributed by atoms with Crippen LogP contribution in [0.2, 0.25) is 0 Å². The summed E-state index contributed by atoms with van der Waals surface area (Å²) in [5.41, 5.74) is 4.15. The number of aromatic nitrogens is 1. The van der Waals surface area contributed by atoms with E-state index in [9.17, 15) is 4.79 Å². The number of amides is 1. The van der Waals surface area contributed by atoms with Gasteiger partial charge in [-0.25, -0.2) is 0 Å². The zero-order chi connectivity index (χ0) is 21.2. The van der Waals surface area contributed by atoms with Crippen LogP contribution in [0.15, 0.2) is 65.2 Å². The Labute approximate surface area is 183 Å². The zero-order valence-electron chi connectivity index (χ0n) is 18.0. The molecule has 0 spiro atoms. The van der Waals surface area contributed by atoms with Gasteiger partial charge in [0, 0.05) is 38.2 Å². The molecule has 1 saturated heterocycles. The highest BCUT2D eigenvalue weighted by Crippen LogP contribution is 2.31. The van der Waals surface area contributed by atoms with Gasteiger partial charge in [-0.15, -0.1) is 0 Å². The van der Waals surface area contributed by atoms with Crippen molar-refractivity contribution in [3.63, 3.8) is 0 Å². The molecule has 0 saturated carbocycles. The van der Waals surface area contributed by atoms with Gasteiger partial charge in [0.2, 0.25) is 0 Å². The lowest BCUT2D eigenvalue weighted by Gasteiger charge is -2.39. The standard InChI is InChI=1S/C26H29N3O2/c1-19-12-13-23-22(18-19)24(27-31-23)26(30)29-16-14-28(15-17-29)25(20-8-4-2-5-9-20)21-10-6-3-7-11-21/h2-11,19,25H,12-18H2,1H3/t19-/m0/s1. The lowest BCUT2D eigenvalue weighted by Crippen LogP contribution is -2.50. The molecule has 3 aromatic rings. The van der Waals surface area contributed by atoms with Crippen LogP contribution in [-0.2, 0) is 12.8 Å². The second kappa shape index (κ2) is 8.67. The van der Waals surface area contributed by atoms with E-state index in [1.165, 1.54) is 11.1 Å². The van der Waals surface area contributed by atoms with Gasteiger partial charge in [0.1, 0.15) is 5.76 Å². The summed E-state index contributed by atoms with van der Waals surface area (Å²) in [6.45, 7) is 5.29. The summed E-state index contributed by atoms with van der Waals surface area (Å²) in [6.07, 6.45) is 2.89. The second-order valence-electron chi connectivity index (χ2n) is 8.83. The van der Waals surface area contributed by atoms with Crippen molar-refractivity contribution >= 4 is 5.91 Å². The van der Waals surface area contributed by atoms with Crippen LogP contribution in [0, 0.1) is 5.92 Å². The van der Waals surface area contributed by atoms with Crippen LogP contribution in [0.1, 0.15) is 52.3 Å². The number of fused-ring (bicyclic) bond motifs is 1. The van der Waals surface area contributed by atoms with Gasteiger partial charge in [0.05, 0.1) is 6.04 Å². The van der Waals surface area contributed by atoms with Crippen LogP contribution in [0.3, 0.4) is 0 Å². The first-order valence-corrected chi connectivity index (χ1v) is 11.3. The first-order valence-electron chi connectivity index (χ1n) is 11.3. The summed E-state index contributed by atoms with van der Waals surface area (Å²) in [7, 11) is 0. The van der Waals surface area contributed by atoms with Crippen molar-refractivity contribution in [2.24, 2.45) is 5.92 Å². The van der Waals surface area contributed by atoms with Crippen molar-refractivity contribution in [2.45, 2.75) is 32.2 Å². The van der Waals surface area contributed by atoms with E-state index in [1.807, 2.05) is 4.90 Å². The summed E-state index contributed by atoms with van der Waals surface area (Å²) < 4.78 is 5.51. The average Bonchev–Trinajstić information content (AvgIpc) is 3.24. The largest absolute Gasteiger partial charge is 0.360 e. The maximum atomic E-state index is 13.2. The normalized spacial score (nSPS) is 19.4. The third-order valence-electron chi connectivity index (χ3n) is 6.69. The summed E-state index contributed by atoms with van der Waals surface area (Å²) in [5, 5.41) is 4.18. The van der Waals surface area contributed by atoms with Gasteiger partial charge >= 0.3 is 0 Å². The third-order valence-corrected chi connectivity index (χ3v) is 6.69. The first-order chi connectivity index (χ1) is 15.2. The number of hydrogen-bond acceptors (Lipinski definition) is 4. The SMILES string of the molecule is C[C@H]1CCc2onc(C(=O)N3CCN(C(c4ccccc4)c4ccccc4)CC3)c2C1. The van der Waals surface area contributed by atoms with Gasteiger partial charge in [-0.05, 0) is 29.9 Å². The quantitative estimate of drug-likeness (QED) is 0.636. The van der Waals surface area contributed by atoms with Gasteiger partial charge in [0.25, 0.3) is 5.91 Å². The molecule has 1 aliphatic heterocycles. The summed E-state index contributed by atoms with van der Waals surface area (Å²) >= 11 is 0. The van der Waals surface area contributed by atoms with Crippen LogP contribution in [0.25, 0.3) is 0 Å². The number of hydrogen-bond donors (Lipinski definition) is 0. The maximum Gasteiger partial charge on any atom is 0.276 e. The van der Waals surface area contributed by atoms with E-state index in [4.69, 9.17) is 4.52 Å². The molecular formula is C26H29N3O2. The zero-order valence-corrected chi connectivity index (χ0v) is 18.0.